The molecule has 1 aliphatic rings. The molecular weight excluding hydrogens is 500 g/mol. The van der Waals surface area contributed by atoms with Crippen LogP contribution in [0, 0.1) is 5.92 Å². The number of carbonyl (C=O) groups is 1. The number of aromatic nitrogens is 1. The number of benzene rings is 2. The van der Waals surface area contributed by atoms with E-state index in [2.05, 4.69) is 16.4 Å². The molecule has 5 N–H and O–H groups in total. The van der Waals surface area contributed by atoms with E-state index in [1.165, 1.54) is 0 Å². The maximum Gasteiger partial charge on any atom is 0.221 e. The Labute approximate surface area is 225 Å². The summed E-state index contributed by atoms with van der Waals surface area (Å²) in [5.41, 5.74) is 10.6. The second-order valence-electron chi connectivity index (χ2n) is 10.6. The van der Waals surface area contributed by atoms with Gasteiger partial charge in [-0.15, -0.1) is 0 Å². The summed E-state index contributed by atoms with van der Waals surface area (Å²) in [6, 6.07) is 14.2. The molecule has 1 amide bonds. The Morgan fingerprint density at radius 3 is 2.50 bits per heavy atom. The Bertz CT molecular complexity index is 1330. The van der Waals surface area contributed by atoms with Gasteiger partial charge in [0.2, 0.25) is 15.9 Å². The first-order valence-corrected chi connectivity index (χ1v) is 15.1. The zero-order valence-electron chi connectivity index (χ0n) is 22.3. The van der Waals surface area contributed by atoms with Crippen LogP contribution in [0.25, 0.3) is 22.0 Å². The maximum atomic E-state index is 13.0. The van der Waals surface area contributed by atoms with E-state index in [1.807, 2.05) is 56.4 Å². The van der Waals surface area contributed by atoms with Crippen molar-refractivity contribution in [2.75, 3.05) is 32.0 Å². The lowest BCUT2D eigenvalue weighted by molar-refractivity contribution is -0.117. The van der Waals surface area contributed by atoms with Crippen molar-refractivity contribution >= 4 is 26.8 Å². The predicted octanol–water partition coefficient (Wildman–Crippen LogP) is 3.37. The Kier molecular flexibility index (Phi) is 9.25. The van der Waals surface area contributed by atoms with Gasteiger partial charge in [0.15, 0.2) is 0 Å². The number of aliphatic hydroxyl groups excluding tert-OH is 1. The molecular formula is C29H40N4O4S. The normalized spacial score (nSPS) is 16.3. The maximum absolute atomic E-state index is 13.0. The summed E-state index contributed by atoms with van der Waals surface area (Å²) in [5, 5.41) is 13.8. The lowest BCUT2D eigenvalue weighted by atomic mass is 9.88. The van der Waals surface area contributed by atoms with E-state index in [9.17, 15) is 18.3 Å². The Balaban J connectivity index is 1.46. The number of aliphatic hydroxyl groups is 1. The van der Waals surface area contributed by atoms with E-state index in [0.717, 1.165) is 46.0 Å². The van der Waals surface area contributed by atoms with E-state index in [0.29, 0.717) is 26.1 Å². The summed E-state index contributed by atoms with van der Waals surface area (Å²) in [7, 11) is -3.33. The minimum atomic E-state index is -3.33. The first kappa shape index (κ1) is 28.3. The van der Waals surface area contributed by atoms with Gasteiger partial charge < -0.3 is 21.1 Å². The van der Waals surface area contributed by atoms with Gasteiger partial charge in [-0.3, -0.25) is 4.79 Å². The van der Waals surface area contributed by atoms with Crippen LogP contribution < -0.4 is 11.1 Å². The average Bonchev–Trinajstić information content (AvgIpc) is 3.33. The Morgan fingerprint density at radius 1 is 1.16 bits per heavy atom. The lowest BCUT2D eigenvalue weighted by Gasteiger charge is -2.31. The number of primary amides is 1. The van der Waals surface area contributed by atoms with Crippen molar-refractivity contribution in [2.45, 2.75) is 51.5 Å². The Morgan fingerprint density at radius 2 is 1.87 bits per heavy atom. The molecule has 206 valence electrons. The fourth-order valence-electron chi connectivity index (χ4n) is 5.42. The third-order valence-corrected chi connectivity index (χ3v) is 9.61. The predicted molar refractivity (Wildman–Crippen MR) is 152 cm³/mol. The highest BCUT2D eigenvalue weighted by Crippen LogP contribution is 2.37. The van der Waals surface area contributed by atoms with Crippen LogP contribution in [0.5, 0.6) is 0 Å². The molecule has 1 fully saturated rings. The van der Waals surface area contributed by atoms with Gasteiger partial charge >= 0.3 is 0 Å². The third kappa shape index (κ3) is 6.64. The highest BCUT2D eigenvalue weighted by atomic mass is 32.2. The van der Waals surface area contributed by atoms with Crippen LogP contribution in [-0.4, -0.2) is 66.8 Å². The molecule has 2 aromatic carbocycles. The van der Waals surface area contributed by atoms with Crippen molar-refractivity contribution in [3.05, 3.63) is 59.8 Å². The molecule has 1 atom stereocenters. The number of amides is 1. The van der Waals surface area contributed by atoms with Crippen LogP contribution in [0.1, 0.15) is 50.2 Å². The first-order valence-electron chi connectivity index (χ1n) is 13.5. The number of hydrogen-bond donors (Lipinski definition) is 4. The number of nitrogens with two attached hydrogens (primary N) is 1. The van der Waals surface area contributed by atoms with Crippen LogP contribution in [0.3, 0.4) is 0 Å². The standard InChI is InChI=1S/C29H40N4O4S/c1-20(2)27(19-34)31-11-6-14-38(36,37)33-12-9-22(10-13-33)26-18-32-29-24(17-28(30)35)15-23(16-25(26)29)21-7-4-3-5-8-21/h3-5,7-8,15-16,18,20,22,27,31-32,34H,6,9-14,17,19H2,1-2H3,(H2,30,35)/t27-/m0/s1. The highest BCUT2D eigenvalue weighted by Gasteiger charge is 2.30. The quantitative estimate of drug-likeness (QED) is 0.262. The summed E-state index contributed by atoms with van der Waals surface area (Å²) >= 11 is 0. The number of fused-ring (bicyclic) bond motifs is 1. The van der Waals surface area contributed by atoms with E-state index < -0.39 is 10.0 Å². The molecule has 1 aliphatic heterocycles. The minimum Gasteiger partial charge on any atom is -0.395 e. The number of hydrogen-bond acceptors (Lipinski definition) is 5. The van der Waals surface area contributed by atoms with E-state index in [-0.39, 0.29) is 42.6 Å². The van der Waals surface area contributed by atoms with Gasteiger partial charge in [0.1, 0.15) is 0 Å². The molecule has 1 aromatic heterocycles. The van der Waals surface area contributed by atoms with Gasteiger partial charge in [-0.1, -0.05) is 44.2 Å². The zero-order chi connectivity index (χ0) is 27.3. The largest absolute Gasteiger partial charge is 0.395 e. The molecule has 3 aromatic rings. The number of rotatable bonds is 12. The zero-order valence-corrected chi connectivity index (χ0v) is 23.1. The highest BCUT2D eigenvalue weighted by molar-refractivity contribution is 7.89. The van der Waals surface area contributed by atoms with Crippen molar-refractivity contribution in [1.82, 2.24) is 14.6 Å². The summed E-state index contributed by atoms with van der Waals surface area (Å²) in [5.74, 6) is 0.235. The van der Waals surface area contributed by atoms with E-state index >= 15 is 0 Å². The van der Waals surface area contributed by atoms with Gasteiger partial charge in [0, 0.05) is 36.2 Å². The van der Waals surface area contributed by atoms with Crippen LogP contribution in [-0.2, 0) is 21.2 Å². The molecule has 0 radical (unpaired) electrons. The summed E-state index contributed by atoms with van der Waals surface area (Å²) in [6.07, 6.45) is 4.16. The molecule has 0 spiro atoms. The van der Waals surface area contributed by atoms with Crippen molar-refractivity contribution in [2.24, 2.45) is 11.7 Å². The summed E-state index contributed by atoms with van der Waals surface area (Å²) < 4.78 is 27.6. The van der Waals surface area contributed by atoms with Crippen molar-refractivity contribution in [3.8, 4) is 11.1 Å². The number of sulfonamides is 1. The molecule has 38 heavy (non-hydrogen) atoms. The van der Waals surface area contributed by atoms with Crippen LogP contribution in [0.2, 0.25) is 0 Å². The van der Waals surface area contributed by atoms with Gasteiger partial charge in [-0.25, -0.2) is 12.7 Å². The number of piperidine rings is 1. The summed E-state index contributed by atoms with van der Waals surface area (Å²) in [6.45, 7) is 5.65. The second-order valence-corrected chi connectivity index (χ2v) is 12.7. The summed E-state index contributed by atoms with van der Waals surface area (Å²) in [4.78, 5) is 15.2. The topological polar surface area (TPSA) is 129 Å². The SMILES string of the molecule is CC(C)[C@H](CO)NCCCS(=O)(=O)N1CCC(c2c[nH]c3c(CC(N)=O)cc(-c4ccccc4)cc23)CC1. The third-order valence-electron chi connectivity index (χ3n) is 7.65. The van der Waals surface area contributed by atoms with Gasteiger partial charge in [0.05, 0.1) is 18.8 Å². The molecule has 1 saturated heterocycles. The number of carbonyl (C=O) groups excluding carboxylic acids is 1. The molecule has 8 nitrogen and oxygen atoms in total. The smallest absolute Gasteiger partial charge is 0.221 e. The van der Waals surface area contributed by atoms with Crippen molar-refractivity contribution in [1.29, 1.82) is 0 Å². The van der Waals surface area contributed by atoms with Gasteiger partial charge in [-0.2, -0.15) is 0 Å². The van der Waals surface area contributed by atoms with Gasteiger partial charge in [-0.05, 0) is 72.0 Å². The average molecular weight is 541 g/mol. The number of nitrogens with one attached hydrogen (secondary N) is 2. The van der Waals surface area contributed by atoms with Crippen molar-refractivity contribution < 1.29 is 18.3 Å². The fraction of sp³-hybridized carbons (Fsp3) is 0.483. The lowest BCUT2D eigenvalue weighted by Crippen LogP contribution is -2.41. The molecule has 0 bridgehead atoms. The number of H-pyrrole nitrogens is 1. The molecule has 2 heterocycles. The molecule has 0 saturated carbocycles. The Hall–Kier alpha value is -2.72. The molecule has 0 aliphatic carbocycles. The number of nitrogens with zero attached hydrogens (tertiary/aromatic N) is 1. The van der Waals surface area contributed by atoms with Crippen LogP contribution in [0.15, 0.2) is 48.7 Å². The van der Waals surface area contributed by atoms with Crippen LogP contribution >= 0.6 is 0 Å². The van der Waals surface area contributed by atoms with E-state index in [1.54, 1.807) is 4.31 Å². The monoisotopic (exact) mass is 540 g/mol. The molecule has 4 rings (SSSR count). The minimum absolute atomic E-state index is 0.0180. The molecule has 0 unspecified atom stereocenters. The number of aromatic amines is 1. The van der Waals surface area contributed by atoms with Crippen molar-refractivity contribution in [3.63, 3.8) is 0 Å². The van der Waals surface area contributed by atoms with Gasteiger partial charge in [0.25, 0.3) is 0 Å². The van der Waals surface area contributed by atoms with E-state index in [4.69, 9.17) is 5.73 Å². The first-order chi connectivity index (χ1) is 18.2. The molecule has 9 heteroatoms. The fourth-order valence-corrected chi connectivity index (χ4v) is 6.95. The van der Waals surface area contributed by atoms with Crippen LogP contribution in [0.4, 0.5) is 0 Å². The second kappa shape index (κ2) is 12.4.